The summed E-state index contributed by atoms with van der Waals surface area (Å²) in [7, 11) is -1.78. The van der Waals surface area contributed by atoms with Gasteiger partial charge < -0.3 is 17.8 Å². The van der Waals surface area contributed by atoms with Crippen molar-refractivity contribution in [3.8, 4) is 5.75 Å². The molecule has 0 heterocycles. The van der Waals surface area contributed by atoms with Gasteiger partial charge in [0.1, 0.15) is 5.75 Å². The van der Waals surface area contributed by atoms with Gasteiger partial charge in [0.15, 0.2) is 0 Å². The van der Waals surface area contributed by atoms with Crippen molar-refractivity contribution in [2.75, 3.05) is 7.11 Å². The van der Waals surface area contributed by atoms with Crippen LogP contribution in [0.25, 0.3) is 0 Å². The molecular formula is C31H57LuOSi3. The van der Waals surface area contributed by atoms with Gasteiger partial charge in [0.2, 0.25) is 0 Å². The predicted molar refractivity (Wildman–Crippen MR) is 172 cm³/mol. The van der Waals surface area contributed by atoms with Gasteiger partial charge in [0.05, 0.1) is 15.2 Å². The number of ether oxygens (including phenoxy) is 1. The van der Waals surface area contributed by atoms with Crippen molar-refractivity contribution in [3.05, 3.63) is 58.6 Å². The summed E-state index contributed by atoms with van der Waals surface area (Å²) in [6, 6.07) is 4.67. The molecule has 214 valence electrons. The van der Waals surface area contributed by atoms with E-state index in [4.69, 9.17) is 4.74 Å². The smallest absolute Gasteiger partial charge is 0.497 e. The summed E-state index contributed by atoms with van der Waals surface area (Å²) in [4.78, 5) is 0. The molecule has 0 aromatic heterocycles. The summed E-state index contributed by atoms with van der Waals surface area (Å²) in [5.74, 6) is 1.10. The Labute approximate surface area is 258 Å². The quantitative estimate of drug-likeness (QED) is 0.230. The number of hydrogen-bond acceptors (Lipinski definition) is 1. The van der Waals surface area contributed by atoms with Crippen LogP contribution in [0.15, 0.2) is 12.1 Å². The minimum Gasteiger partial charge on any atom is -0.497 e. The molecule has 0 fully saturated rings. The minimum absolute atomic E-state index is 0. The maximum atomic E-state index is 6.02. The molecule has 0 bridgehead atoms. The summed E-state index contributed by atoms with van der Waals surface area (Å²) < 4.78 is 6.02. The van der Waals surface area contributed by atoms with E-state index in [1.165, 1.54) is 38.6 Å². The third kappa shape index (κ3) is 12.0. The van der Waals surface area contributed by atoms with Crippen molar-refractivity contribution in [2.24, 2.45) is 0 Å². The first-order valence-corrected chi connectivity index (χ1v) is 23.4. The molecule has 36 heavy (non-hydrogen) atoms. The Balaban J connectivity index is 0. The zero-order valence-corrected chi connectivity index (χ0v) is 31.4. The van der Waals surface area contributed by atoms with Crippen LogP contribution in [0, 0.1) is 84.6 Å². The van der Waals surface area contributed by atoms with E-state index >= 15 is 0 Å². The van der Waals surface area contributed by atoms with E-state index in [-0.39, 0.29) is 42.3 Å². The van der Waals surface area contributed by atoms with Crippen LogP contribution in [0.4, 0.5) is 0 Å². The third-order valence-corrected chi connectivity index (χ3v) is 9.70. The van der Waals surface area contributed by atoms with Gasteiger partial charge in [0, 0.05) is 0 Å². The van der Waals surface area contributed by atoms with Crippen molar-refractivity contribution < 1.29 is 41.6 Å². The summed E-state index contributed by atoms with van der Waals surface area (Å²) in [6.07, 6.45) is 0. The number of methoxy groups -OCH3 is 1. The zero-order valence-electron chi connectivity index (χ0n) is 26.7. The standard InChI is InChI=1S/C23H35OSi.2C4H11Si.Lu/c1-14-12-19(23(6,7)8)21(24-9)20(13-14)25(10,11)22-17(4)15(2)16(3)18(22)5;2*1-5(2,3)4;/h12-13H,1-11H3;2*1H2,2-4H3;/q3*-1;+3. The molecule has 0 aliphatic heterocycles. The van der Waals surface area contributed by atoms with Crippen LogP contribution in [-0.4, -0.2) is 31.3 Å². The number of benzene rings is 1. The molecular weight excluding hydrogens is 648 g/mol. The van der Waals surface area contributed by atoms with Gasteiger partial charge in [-0.05, 0) is 23.1 Å². The Morgan fingerprint density at radius 2 is 1.17 bits per heavy atom. The first-order chi connectivity index (χ1) is 15.3. The van der Waals surface area contributed by atoms with Gasteiger partial charge >= 0.3 is 36.9 Å². The van der Waals surface area contributed by atoms with Gasteiger partial charge in [0.25, 0.3) is 0 Å². The largest absolute Gasteiger partial charge is 3.00 e. The molecule has 2 aromatic carbocycles. The van der Waals surface area contributed by atoms with E-state index in [0.717, 1.165) is 5.75 Å². The van der Waals surface area contributed by atoms with E-state index in [1.807, 2.05) is 7.11 Å². The molecule has 0 radical (unpaired) electrons. The molecule has 0 N–H and O–H groups in total. The second-order valence-corrected chi connectivity index (χ2v) is 28.8. The van der Waals surface area contributed by atoms with Crippen LogP contribution in [-0.2, 0) is 5.41 Å². The monoisotopic (exact) mass is 704 g/mol. The average Bonchev–Trinajstić information content (AvgIpc) is 2.81. The Morgan fingerprint density at radius 1 is 0.778 bits per heavy atom. The maximum Gasteiger partial charge on any atom is 3.00 e. The van der Waals surface area contributed by atoms with Crippen molar-refractivity contribution >= 4 is 34.6 Å². The van der Waals surface area contributed by atoms with Crippen molar-refractivity contribution in [1.82, 2.24) is 0 Å². The second kappa shape index (κ2) is 14.1. The molecule has 2 rings (SSSR count). The molecule has 0 atom stereocenters. The average molecular weight is 705 g/mol. The van der Waals surface area contributed by atoms with Crippen LogP contribution in [0.3, 0.4) is 0 Å². The number of aryl methyl sites for hydroxylation is 1. The summed E-state index contributed by atoms with van der Waals surface area (Å²) in [5, 5.41) is 3.02. The van der Waals surface area contributed by atoms with E-state index in [1.54, 1.807) is 5.19 Å². The fraction of sp³-hybridized carbons (Fsp3) is 0.581. The van der Waals surface area contributed by atoms with E-state index < -0.39 is 24.2 Å². The Hall–Kier alpha value is 0.254. The normalized spacial score (nSPS) is 12.1. The number of hydrogen-bond donors (Lipinski definition) is 0. The maximum absolute atomic E-state index is 6.02. The minimum atomic E-state index is -1.89. The first-order valence-electron chi connectivity index (χ1n) is 13.0. The van der Waals surface area contributed by atoms with Crippen molar-refractivity contribution in [2.45, 2.75) is 113 Å². The molecule has 0 spiro atoms. The molecule has 0 aliphatic rings. The van der Waals surface area contributed by atoms with E-state index in [2.05, 4.69) is 133 Å². The second-order valence-electron chi connectivity index (χ2n) is 14.3. The van der Waals surface area contributed by atoms with E-state index in [0.29, 0.717) is 0 Å². The fourth-order valence-corrected chi connectivity index (χ4v) is 8.22. The summed E-state index contributed by atoms with van der Waals surface area (Å²) in [5.41, 5.74) is 8.59. The van der Waals surface area contributed by atoms with Gasteiger partial charge in [-0.3, -0.25) is 0 Å². The molecule has 2 aromatic rings. The van der Waals surface area contributed by atoms with Crippen molar-refractivity contribution in [1.29, 1.82) is 0 Å². The van der Waals surface area contributed by atoms with Crippen molar-refractivity contribution in [3.63, 3.8) is 0 Å². The Kier molecular flexibility index (Phi) is 15.0. The predicted octanol–water partition coefficient (Wildman–Crippen LogP) is 8.47. The Bertz CT molecular complexity index is 932. The van der Waals surface area contributed by atoms with Gasteiger partial charge in [-0.25, -0.2) is 0 Å². The topological polar surface area (TPSA) is 9.23 Å². The number of rotatable bonds is 3. The van der Waals surface area contributed by atoms with E-state index in [9.17, 15) is 0 Å². The van der Waals surface area contributed by atoms with Gasteiger partial charge in [-0.2, -0.15) is 27.4 Å². The SMILES string of the molecule is COc1c(C(C)(C)C)cc(C)cc1[Si](C)(C)c1c(C)c(C)c(C)[c-]1C.[CH2-][Si](C)(C)C.[CH2-][Si](C)(C)C.[Lu+3]. The molecule has 0 amide bonds. The molecule has 0 saturated heterocycles. The zero-order chi connectivity index (χ0) is 28.3. The molecule has 5 heteroatoms. The van der Waals surface area contributed by atoms with Crippen LogP contribution in [0.5, 0.6) is 5.75 Å². The van der Waals surface area contributed by atoms with Gasteiger partial charge in [-0.15, -0.1) is 16.1 Å². The molecule has 0 aliphatic carbocycles. The Morgan fingerprint density at radius 3 is 1.44 bits per heavy atom. The van der Waals surface area contributed by atoms with Gasteiger partial charge in [-0.1, -0.05) is 119 Å². The fourth-order valence-electron chi connectivity index (χ4n) is 4.31. The van der Waals surface area contributed by atoms with Crippen LogP contribution in [0.2, 0.25) is 52.4 Å². The first kappa shape index (κ1) is 38.4. The molecule has 1 nitrogen and oxygen atoms in total. The van der Waals surface area contributed by atoms with Crippen LogP contribution < -0.4 is 15.1 Å². The van der Waals surface area contributed by atoms with Crippen LogP contribution >= 0.6 is 0 Å². The summed E-state index contributed by atoms with van der Waals surface area (Å²) in [6.45, 7) is 44.2. The molecule has 0 saturated carbocycles. The van der Waals surface area contributed by atoms with Crippen LogP contribution in [0.1, 0.15) is 54.2 Å². The summed E-state index contributed by atoms with van der Waals surface area (Å²) >= 11 is 0. The third-order valence-electron chi connectivity index (χ3n) is 5.98. The molecule has 0 unspecified atom stereocenters.